The van der Waals surface area contributed by atoms with Crippen LogP contribution < -0.4 is 5.73 Å². The molecule has 0 aromatic heterocycles. The highest BCUT2D eigenvalue weighted by Gasteiger charge is 2.21. The Labute approximate surface area is 115 Å². The highest BCUT2D eigenvalue weighted by molar-refractivity contribution is 5.81. The van der Waals surface area contributed by atoms with Crippen molar-refractivity contribution in [3.8, 4) is 0 Å². The lowest BCUT2D eigenvalue weighted by molar-refractivity contribution is -0.134. The van der Waals surface area contributed by atoms with E-state index in [4.69, 9.17) is 10.8 Å². The number of benzene rings is 1. The van der Waals surface area contributed by atoms with Gasteiger partial charge in [-0.15, -0.1) is 0 Å². The van der Waals surface area contributed by atoms with Crippen LogP contribution in [0.4, 0.5) is 0 Å². The standard InChI is InChI=1S/C15H24N2O2/c1-12(2)10-14(16)15(19)17(8-9-18)11-13-6-4-3-5-7-13/h3-7,12,14,18H,8-11,16H2,1-2H3/t14-/m1/s1. The van der Waals surface area contributed by atoms with E-state index < -0.39 is 6.04 Å². The van der Waals surface area contributed by atoms with Gasteiger partial charge in [0.25, 0.3) is 0 Å². The molecule has 1 amide bonds. The number of hydrogen-bond acceptors (Lipinski definition) is 3. The van der Waals surface area contributed by atoms with E-state index in [1.54, 1.807) is 4.90 Å². The van der Waals surface area contributed by atoms with Gasteiger partial charge in [0, 0.05) is 13.1 Å². The number of rotatable bonds is 7. The lowest BCUT2D eigenvalue weighted by Crippen LogP contribution is -2.45. The molecular weight excluding hydrogens is 240 g/mol. The summed E-state index contributed by atoms with van der Waals surface area (Å²) in [6.07, 6.45) is 0.662. The lowest BCUT2D eigenvalue weighted by Gasteiger charge is -2.26. The molecule has 0 spiro atoms. The lowest BCUT2D eigenvalue weighted by atomic mass is 10.0. The minimum Gasteiger partial charge on any atom is -0.395 e. The van der Waals surface area contributed by atoms with Gasteiger partial charge in [-0.3, -0.25) is 4.79 Å². The number of carbonyl (C=O) groups is 1. The van der Waals surface area contributed by atoms with Crippen molar-refractivity contribution in [2.75, 3.05) is 13.2 Å². The number of amides is 1. The minimum absolute atomic E-state index is 0.0486. The van der Waals surface area contributed by atoms with Crippen molar-refractivity contribution < 1.29 is 9.90 Å². The van der Waals surface area contributed by atoms with Gasteiger partial charge in [-0.25, -0.2) is 0 Å². The number of aliphatic hydroxyl groups is 1. The Morgan fingerprint density at radius 1 is 1.32 bits per heavy atom. The van der Waals surface area contributed by atoms with Gasteiger partial charge in [0.2, 0.25) is 5.91 Å². The van der Waals surface area contributed by atoms with Crippen LogP contribution in [0.15, 0.2) is 30.3 Å². The summed E-state index contributed by atoms with van der Waals surface area (Å²) in [4.78, 5) is 13.9. The van der Waals surface area contributed by atoms with E-state index in [1.165, 1.54) is 0 Å². The van der Waals surface area contributed by atoms with Crippen molar-refractivity contribution in [3.05, 3.63) is 35.9 Å². The summed E-state index contributed by atoms with van der Waals surface area (Å²) in [7, 11) is 0. The molecule has 0 aliphatic heterocycles. The molecule has 106 valence electrons. The maximum Gasteiger partial charge on any atom is 0.239 e. The first-order valence-electron chi connectivity index (χ1n) is 6.73. The molecule has 0 radical (unpaired) electrons. The van der Waals surface area contributed by atoms with Crippen LogP contribution in [0.1, 0.15) is 25.8 Å². The topological polar surface area (TPSA) is 66.6 Å². The maximum atomic E-state index is 12.3. The summed E-state index contributed by atoms with van der Waals surface area (Å²) in [6, 6.07) is 9.25. The molecule has 0 saturated carbocycles. The van der Waals surface area contributed by atoms with E-state index in [1.807, 2.05) is 44.2 Å². The third-order valence-electron chi connectivity index (χ3n) is 2.94. The number of carbonyl (C=O) groups excluding carboxylic acids is 1. The van der Waals surface area contributed by atoms with Crippen molar-refractivity contribution >= 4 is 5.91 Å². The predicted molar refractivity (Wildman–Crippen MR) is 76.4 cm³/mol. The van der Waals surface area contributed by atoms with E-state index in [2.05, 4.69) is 0 Å². The number of hydrogen-bond donors (Lipinski definition) is 2. The summed E-state index contributed by atoms with van der Waals surface area (Å²) >= 11 is 0. The Bertz CT molecular complexity index is 379. The Morgan fingerprint density at radius 2 is 1.95 bits per heavy atom. The Morgan fingerprint density at radius 3 is 2.47 bits per heavy atom. The molecule has 0 saturated heterocycles. The summed E-state index contributed by atoms with van der Waals surface area (Å²) in [5, 5.41) is 9.09. The van der Waals surface area contributed by atoms with E-state index in [-0.39, 0.29) is 12.5 Å². The molecule has 0 unspecified atom stereocenters. The Kier molecular flexibility index (Phi) is 6.53. The van der Waals surface area contributed by atoms with Crippen LogP contribution >= 0.6 is 0 Å². The summed E-state index contributed by atoms with van der Waals surface area (Å²) in [5.74, 6) is 0.290. The maximum absolute atomic E-state index is 12.3. The van der Waals surface area contributed by atoms with Crippen LogP contribution in [0.25, 0.3) is 0 Å². The summed E-state index contributed by atoms with van der Waals surface area (Å²) in [5.41, 5.74) is 6.97. The zero-order valence-electron chi connectivity index (χ0n) is 11.7. The van der Waals surface area contributed by atoms with E-state index >= 15 is 0 Å². The SMILES string of the molecule is CC(C)C[C@@H](N)C(=O)N(CCO)Cc1ccccc1. The molecule has 0 aliphatic carbocycles. The van der Waals surface area contributed by atoms with Crippen molar-refractivity contribution in [3.63, 3.8) is 0 Å². The van der Waals surface area contributed by atoms with Crippen LogP contribution in [0.5, 0.6) is 0 Å². The van der Waals surface area contributed by atoms with E-state index in [9.17, 15) is 4.79 Å². The molecule has 1 atom stereocenters. The average Bonchev–Trinajstić information content (AvgIpc) is 2.38. The van der Waals surface area contributed by atoms with Gasteiger partial charge in [0.05, 0.1) is 12.6 Å². The van der Waals surface area contributed by atoms with Crippen LogP contribution in [-0.2, 0) is 11.3 Å². The molecular formula is C15H24N2O2. The van der Waals surface area contributed by atoms with Crippen molar-refractivity contribution in [2.24, 2.45) is 11.7 Å². The first kappa shape index (κ1) is 15.7. The fraction of sp³-hybridized carbons (Fsp3) is 0.533. The van der Waals surface area contributed by atoms with E-state index in [0.717, 1.165) is 5.56 Å². The fourth-order valence-corrected chi connectivity index (χ4v) is 2.03. The molecule has 1 aromatic carbocycles. The second-order valence-corrected chi connectivity index (χ2v) is 5.21. The van der Waals surface area contributed by atoms with Crippen LogP contribution in [0.2, 0.25) is 0 Å². The summed E-state index contributed by atoms with van der Waals surface area (Å²) in [6.45, 7) is 4.85. The van der Waals surface area contributed by atoms with Gasteiger partial charge in [0.1, 0.15) is 0 Å². The predicted octanol–water partition coefficient (Wildman–Crippen LogP) is 1.38. The second-order valence-electron chi connectivity index (χ2n) is 5.21. The van der Waals surface area contributed by atoms with Gasteiger partial charge in [-0.2, -0.15) is 0 Å². The first-order chi connectivity index (χ1) is 9.04. The zero-order valence-corrected chi connectivity index (χ0v) is 11.7. The number of nitrogens with zero attached hydrogens (tertiary/aromatic N) is 1. The zero-order chi connectivity index (χ0) is 14.3. The fourth-order valence-electron chi connectivity index (χ4n) is 2.03. The third kappa shape index (κ3) is 5.41. The molecule has 4 nitrogen and oxygen atoms in total. The Hall–Kier alpha value is -1.39. The highest BCUT2D eigenvalue weighted by atomic mass is 16.3. The molecule has 3 N–H and O–H groups in total. The highest BCUT2D eigenvalue weighted by Crippen LogP contribution is 2.09. The monoisotopic (exact) mass is 264 g/mol. The molecule has 1 rings (SSSR count). The van der Waals surface area contributed by atoms with Crippen molar-refractivity contribution in [1.29, 1.82) is 0 Å². The second kappa shape index (κ2) is 7.92. The summed E-state index contributed by atoms with van der Waals surface area (Å²) < 4.78 is 0. The average molecular weight is 264 g/mol. The first-order valence-corrected chi connectivity index (χ1v) is 6.73. The molecule has 0 heterocycles. The Balaban J connectivity index is 2.68. The van der Waals surface area contributed by atoms with E-state index in [0.29, 0.717) is 25.4 Å². The van der Waals surface area contributed by atoms with Crippen LogP contribution in [-0.4, -0.2) is 35.1 Å². The normalized spacial score (nSPS) is 12.5. The molecule has 19 heavy (non-hydrogen) atoms. The largest absolute Gasteiger partial charge is 0.395 e. The number of nitrogens with two attached hydrogens (primary N) is 1. The van der Waals surface area contributed by atoms with Gasteiger partial charge < -0.3 is 15.7 Å². The van der Waals surface area contributed by atoms with Crippen molar-refractivity contribution in [2.45, 2.75) is 32.9 Å². The van der Waals surface area contributed by atoms with Crippen LogP contribution in [0, 0.1) is 5.92 Å². The molecule has 0 fully saturated rings. The smallest absolute Gasteiger partial charge is 0.239 e. The van der Waals surface area contributed by atoms with Gasteiger partial charge in [-0.1, -0.05) is 44.2 Å². The van der Waals surface area contributed by atoms with Crippen molar-refractivity contribution in [1.82, 2.24) is 4.90 Å². The third-order valence-corrected chi connectivity index (χ3v) is 2.94. The molecule has 1 aromatic rings. The molecule has 4 heteroatoms. The minimum atomic E-state index is -0.490. The quantitative estimate of drug-likeness (QED) is 0.782. The van der Waals surface area contributed by atoms with Gasteiger partial charge in [-0.05, 0) is 17.9 Å². The van der Waals surface area contributed by atoms with Gasteiger partial charge in [0.15, 0.2) is 0 Å². The molecule has 0 bridgehead atoms. The van der Waals surface area contributed by atoms with Crippen LogP contribution in [0.3, 0.4) is 0 Å². The molecule has 0 aliphatic rings. The van der Waals surface area contributed by atoms with Gasteiger partial charge >= 0.3 is 0 Å². The number of aliphatic hydroxyl groups excluding tert-OH is 1.